The lowest BCUT2D eigenvalue weighted by molar-refractivity contribution is 0.639. The van der Waals surface area contributed by atoms with Crippen molar-refractivity contribution in [3.8, 4) is 0 Å². The van der Waals surface area contributed by atoms with Crippen molar-refractivity contribution in [3.63, 3.8) is 0 Å². The van der Waals surface area contributed by atoms with E-state index in [-0.39, 0.29) is 0 Å². The van der Waals surface area contributed by atoms with Crippen LogP contribution in [0.15, 0.2) is 22.9 Å². The number of halogens is 1. The summed E-state index contributed by atoms with van der Waals surface area (Å²) in [7, 11) is 0. The Morgan fingerprint density at radius 1 is 1.28 bits per heavy atom. The Hall–Kier alpha value is -1.36. The molecular formula is C13H17BrN4. The maximum atomic E-state index is 6.10. The van der Waals surface area contributed by atoms with Gasteiger partial charge in [0.15, 0.2) is 0 Å². The van der Waals surface area contributed by atoms with Crippen molar-refractivity contribution in [1.82, 2.24) is 14.8 Å². The monoisotopic (exact) mass is 308 g/mol. The third kappa shape index (κ3) is 2.56. The highest BCUT2D eigenvalue weighted by molar-refractivity contribution is 9.10. The van der Waals surface area contributed by atoms with Gasteiger partial charge in [-0.2, -0.15) is 5.10 Å². The van der Waals surface area contributed by atoms with Crippen molar-refractivity contribution in [1.29, 1.82) is 0 Å². The molecule has 0 unspecified atom stereocenters. The van der Waals surface area contributed by atoms with Crippen LogP contribution in [0.3, 0.4) is 0 Å². The van der Waals surface area contributed by atoms with Crippen molar-refractivity contribution in [2.75, 3.05) is 5.73 Å². The van der Waals surface area contributed by atoms with Crippen LogP contribution in [-0.2, 0) is 19.4 Å². The zero-order valence-corrected chi connectivity index (χ0v) is 12.2. The van der Waals surface area contributed by atoms with Gasteiger partial charge in [-0.25, -0.2) is 0 Å². The molecule has 0 aliphatic carbocycles. The molecule has 0 saturated carbocycles. The first-order valence-electron chi connectivity index (χ1n) is 6.09. The van der Waals surface area contributed by atoms with Gasteiger partial charge in [-0.15, -0.1) is 0 Å². The van der Waals surface area contributed by atoms with Gasteiger partial charge < -0.3 is 5.73 Å². The molecular weight excluding hydrogens is 292 g/mol. The molecule has 0 aliphatic heterocycles. The molecule has 96 valence electrons. The maximum absolute atomic E-state index is 6.10. The van der Waals surface area contributed by atoms with Crippen LogP contribution in [0.1, 0.15) is 30.8 Å². The van der Waals surface area contributed by atoms with E-state index >= 15 is 0 Å². The molecule has 0 aliphatic rings. The summed E-state index contributed by atoms with van der Waals surface area (Å²) in [6.07, 6.45) is 5.38. The summed E-state index contributed by atoms with van der Waals surface area (Å²) in [6, 6.07) is 2.05. The lowest BCUT2D eigenvalue weighted by Crippen LogP contribution is -2.07. The van der Waals surface area contributed by atoms with E-state index in [1.54, 1.807) is 6.20 Å². The summed E-state index contributed by atoms with van der Waals surface area (Å²) in [4.78, 5) is 4.17. The molecule has 0 spiro atoms. The number of nitrogens with two attached hydrogens (primary N) is 1. The standard InChI is InChI=1S/C13H17BrN4/c1-3-11-13(15)12(4-2)18(17-11)8-9-5-10(14)7-16-6-9/h5-7H,3-4,8,15H2,1-2H3. The van der Waals surface area contributed by atoms with Crippen molar-refractivity contribution in [3.05, 3.63) is 39.9 Å². The number of aromatic nitrogens is 3. The Labute approximate surface area is 115 Å². The molecule has 2 rings (SSSR count). The minimum Gasteiger partial charge on any atom is -0.396 e. The summed E-state index contributed by atoms with van der Waals surface area (Å²) in [5.41, 5.74) is 10.1. The molecule has 5 heteroatoms. The van der Waals surface area contributed by atoms with Crippen LogP contribution in [0.2, 0.25) is 0 Å². The van der Waals surface area contributed by atoms with Crippen molar-refractivity contribution < 1.29 is 0 Å². The van der Waals surface area contributed by atoms with Gasteiger partial charge in [0, 0.05) is 16.9 Å². The van der Waals surface area contributed by atoms with Gasteiger partial charge in [-0.05, 0) is 40.4 Å². The molecule has 2 aromatic heterocycles. The van der Waals surface area contributed by atoms with Crippen LogP contribution in [0.4, 0.5) is 5.69 Å². The number of hydrogen-bond donors (Lipinski definition) is 1. The van der Waals surface area contributed by atoms with Gasteiger partial charge in [0.1, 0.15) is 0 Å². The van der Waals surface area contributed by atoms with E-state index in [0.717, 1.165) is 40.0 Å². The maximum Gasteiger partial charge on any atom is 0.0854 e. The largest absolute Gasteiger partial charge is 0.396 e. The van der Waals surface area contributed by atoms with Crippen molar-refractivity contribution in [2.24, 2.45) is 0 Å². The Bertz CT molecular complexity index is 548. The van der Waals surface area contributed by atoms with Gasteiger partial charge in [0.05, 0.1) is 23.6 Å². The fourth-order valence-corrected chi connectivity index (χ4v) is 2.46. The number of nitrogen functional groups attached to an aromatic ring is 1. The highest BCUT2D eigenvalue weighted by atomic mass is 79.9. The van der Waals surface area contributed by atoms with Crippen molar-refractivity contribution in [2.45, 2.75) is 33.2 Å². The summed E-state index contributed by atoms with van der Waals surface area (Å²) >= 11 is 3.43. The molecule has 2 heterocycles. The molecule has 2 N–H and O–H groups in total. The first kappa shape index (κ1) is 13.1. The van der Waals surface area contributed by atoms with E-state index in [2.05, 4.69) is 45.9 Å². The number of aryl methyl sites for hydroxylation is 1. The van der Waals surface area contributed by atoms with E-state index in [1.807, 2.05) is 10.9 Å². The second-order valence-corrected chi connectivity index (χ2v) is 5.10. The van der Waals surface area contributed by atoms with Gasteiger partial charge >= 0.3 is 0 Å². The first-order valence-corrected chi connectivity index (χ1v) is 6.88. The fourth-order valence-electron chi connectivity index (χ4n) is 2.05. The van der Waals surface area contributed by atoms with Crippen LogP contribution in [0, 0.1) is 0 Å². The third-order valence-electron chi connectivity index (χ3n) is 2.94. The molecule has 2 aromatic rings. The van der Waals surface area contributed by atoms with Gasteiger partial charge in [0.2, 0.25) is 0 Å². The second kappa shape index (κ2) is 5.52. The Morgan fingerprint density at radius 3 is 2.67 bits per heavy atom. The minimum atomic E-state index is 0.708. The number of hydrogen-bond acceptors (Lipinski definition) is 3. The van der Waals surface area contributed by atoms with E-state index in [9.17, 15) is 0 Å². The quantitative estimate of drug-likeness (QED) is 0.945. The number of rotatable bonds is 4. The lowest BCUT2D eigenvalue weighted by Gasteiger charge is -2.06. The Kier molecular flexibility index (Phi) is 4.01. The highest BCUT2D eigenvalue weighted by Gasteiger charge is 2.12. The van der Waals surface area contributed by atoms with Crippen LogP contribution in [0.25, 0.3) is 0 Å². The van der Waals surface area contributed by atoms with E-state index in [1.165, 1.54) is 0 Å². The van der Waals surface area contributed by atoms with Crippen LogP contribution in [-0.4, -0.2) is 14.8 Å². The normalized spacial score (nSPS) is 10.8. The zero-order chi connectivity index (χ0) is 13.1. The Morgan fingerprint density at radius 2 is 2.06 bits per heavy atom. The van der Waals surface area contributed by atoms with Crippen molar-refractivity contribution >= 4 is 21.6 Å². The average Bonchev–Trinajstić information content (AvgIpc) is 2.65. The highest BCUT2D eigenvalue weighted by Crippen LogP contribution is 2.20. The molecule has 0 atom stereocenters. The molecule has 0 aromatic carbocycles. The average molecular weight is 309 g/mol. The smallest absolute Gasteiger partial charge is 0.0854 e. The second-order valence-electron chi connectivity index (χ2n) is 4.18. The molecule has 0 amide bonds. The molecule has 0 fully saturated rings. The fraction of sp³-hybridized carbons (Fsp3) is 0.385. The summed E-state index contributed by atoms with van der Waals surface area (Å²) in [5, 5.41) is 4.57. The Balaban J connectivity index is 2.34. The minimum absolute atomic E-state index is 0.708. The predicted molar refractivity (Wildman–Crippen MR) is 76.4 cm³/mol. The van der Waals surface area contributed by atoms with Gasteiger partial charge in [-0.3, -0.25) is 9.67 Å². The van der Waals surface area contributed by atoms with Gasteiger partial charge in [-0.1, -0.05) is 13.8 Å². The lowest BCUT2D eigenvalue weighted by atomic mass is 10.2. The molecule has 0 saturated heterocycles. The molecule has 0 bridgehead atoms. The number of anilines is 1. The van der Waals surface area contributed by atoms with E-state index < -0.39 is 0 Å². The molecule has 0 radical (unpaired) electrons. The molecule has 18 heavy (non-hydrogen) atoms. The first-order chi connectivity index (χ1) is 8.65. The number of pyridine rings is 1. The van der Waals surface area contributed by atoms with E-state index in [0.29, 0.717) is 6.54 Å². The zero-order valence-electron chi connectivity index (χ0n) is 10.7. The van der Waals surface area contributed by atoms with Crippen LogP contribution < -0.4 is 5.73 Å². The van der Waals surface area contributed by atoms with Gasteiger partial charge in [0.25, 0.3) is 0 Å². The topological polar surface area (TPSA) is 56.7 Å². The van der Waals surface area contributed by atoms with Crippen LogP contribution in [0.5, 0.6) is 0 Å². The summed E-state index contributed by atoms with van der Waals surface area (Å²) < 4.78 is 2.96. The summed E-state index contributed by atoms with van der Waals surface area (Å²) in [6.45, 7) is 4.88. The molecule has 4 nitrogen and oxygen atoms in total. The third-order valence-corrected chi connectivity index (χ3v) is 3.37. The van der Waals surface area contributed by atoms with E-state index in [4.69, 9.17) is 5.73 Å². The van der Waals surface area contributed by atoms with Crippen LogP contribution >= 0.6 is 15.9 Å². The number of nitrogens with zero attached hydrogens (tertiary/aromatic N) is 3. The summed E-state index contributed by atoms with van der Waals surface area (Å²) in [5.74, 6) is 0. The SMILES string of the molecule is CCc1nn(Cc2cncc(Br)c2)c(CC)c1N. The predicted octanol–water partition coefficient (Wildman–Crippen LogP) is 2.80.